The number of carbonyl (C=O) groups excluding carboxylic acids is 1. The normalized spacial score (nSPS) is 16.2. The van der Waals surface area contributed by atoms with Crippen molar-refractivity contribution in [1.29, 1.82) is 0 Å². The highest BCUT2D eigenvalue weighted by Gasteiger charge is 2.35. The lowest BCUT2D eigenvalue weighted by Gasteiger charge is -2.14. The van der Waals surface area contributed by atoms with Crippen molar-refractivity contribution in [3.63, 3.8) is 0 Å². The minimum Gasteiger partial charge on any atom is -0.508 e. The highest BCUT2D eigenvalue weighted by atomic mass is 32.2. The number of benzene rings is 3. The number of hydrogen-bond donors (Lipinski definition) is 1. The van der Waals surface area contributed by atoms with Crippen LogP contribution in [0.15, 0.2) is 87.9 Å². The van der Waals surface area contributed by atoms with Crippen LogP contribution >= 0.6 is 11.8 Å². The van der Waals surface area contributed by atoms with Gasteiger partial charge in [0, 0.05) is 0 Å². The lowest BCUT2D eigenvalue weighted by Crippen LogP contribution is -2.28. The predicted octanol–water partition coefficient (Wildman–Crippen LogP) is 4.92. The van der Waals surface area contributed by atoms with E-state index in [9.17, 15) is 9.90 Å². The fraction of sp³-hybridized carbons (Fsp3) is 0.0800. The molecule has 4 rings (SSSR count). The molecule has 3 aromatic rings. The molecule has 0 radical (unpaired) electrons. The molecule has 0 saturated carbocycles. The molecule has 0 spiro atoms. The zero-order chi connectivity index (χ0) is 23.2. The van der Waals surface area contributed by atoms with Crippen LogP contribution in [0.3, 0.4) is 0 Å². The monoisotopic (exact) mass is 459 g/mol. The van der Waals surface area contributed by atoms with Crippen molar-refractivity contribution in [1.82, 2.24) is 0 Å². The van der Waals surface area contributed by atoms with Crippen LogP contribution in [0.4, 0.5) is 5.69 Å². The minimum absolute atomic E-state index is 0.114. The Balaban J connectivity index is 1.64. The summed E-state index contributed by atoms with van der Waals surface area (Å²) in [7, 11) is 3.22. The maximum absolute atomic E-state index is 13.2. The molecule has 0 aliphatic carbocycles. The number of carbonyl (C=O) groups is 1. The fourth-order valence-corrected chi connectivity index (χ4v) is 3.99. The van der Waals surface area contributed by atoms with Crippen LogP contribution in [0.1, 0.15) is 11.1 Å². The Morgan fingerprint density at radius 2 is 1.42 bits per heavy atom. The predicted molar refractivity (Wildman–Crippen MR) is 132 cm³/mol. The van der Waals surface area contributed by atoms with Crippen molar-refractivity contribution >= 4 is 40.8 Å². The standard InChI is InChI=1S/C25H21N3O4S/c1-31-21-11-3-17(4-12-21)15-23-24(30)28(19-7-9-20(29)10-8-19)25(33-23)27-26-16-18-5-13-22(32-2)14-6-18/h3-16,29H,1-2H3/b23-15+,26-16+,27-25+. The lowest BCUT2D eigenvalue weighted by molar-refractivity contribution is -0.113. The molecular weight excluding hydrogens is 438 g/mol. The van der Waals surface area contributed by atoms with Crippen LogP contribution < -0.4 is 14.4 Å². The van der Waals surface area contributed by atoms with Crippen molar-refractivity contribution < 1.29 is 19.4 Å². The molecule has 1 aliphatic rings. The quantitative estimate of drug-likeness (QED) is 0.321. The number of methoxy groups -OCH3 is 2. The van der Waals surface area contributed by atoms with Gasteiger partial charge in [-0.3, -0.25) is 9.69 Å². The Kier molecular flexibility index (Phi) is 6.75. The van der Waals surface area contributed by atoms with Crippen LogP contribution in [0.2, 0.25) is 0 Å². The highest BCUT2D eigenvalue weighted by Crippen LogP contribution is 2.36. The van der Waals surface area contributed by atoms with Crippen molar-refractivity contribution in [3.05, 3.63) is 88.8 Å². The van der Waals surface area contributed by atoms with Gasteiger partial charge in [-0.15, -0.1) is 5.10 Å². The van der Waals surface area contributed by atoms with Gasteiger partial charge in [-0.2, -0.15) is 5.10 Å². The van der Waals surface area contributed by atoms with Gasteiger partial charge >= 0.3 is 0 Å². The van der Waals surface area contributed by atoms with E-state index >= 15 is 0 Å². The molecule has 166 valence electrons. The van der Waals surface area contributed by atoms with E-state index in [4.69, 9.17) is 9.47 Å². The van der Waals surface area contributed by atoms with Gasteiger partial charge < -0.3 is 14.6 Å². The van der Waals surface area contributed by atoms with Crippen molar-refractivity contribution in [2.24, 2.45) is 10.2 Å². The third kappa shape index (κ3) is 5.24. The summed E-state index contributed by atoms with van der Waals surface area (Å²) < 4.78 is 10.4. The summed E-state index contributed by atoms with van der Waals surface area (Å²) in [5, 5.41) is 18.5. The van der Waals surface area contributed by atoms with E-state index in [1.807, 2.05) is 48.5 Å². The van der Waals surface area contributed by atoms with Crippen LogP contribution in [0, 0.1) is 0 Å². The van der Waals surface area contributed by atoms with Gasteiger partial charge in [-0.25, -0.2) is 0 Å². The van der Waals surface area contributed by atoms with Gasteiger partial charge in [0.05, 0.1) is 31.0 Å². The van der Waals surface area contributed by atoms with Gasteiger partial charge in [0.15, 0.2) is 0 Å². The molecule has 1 N–H and O–H groups in total. The summed E-state index contributed by atoms with van der Waals surface area (Å²) in [5.41, 5.74) is 2.29. The third-order valence-electron chi connectivity index (χ3n) is 4.79. The van der Waals surface area contributed by atoms with Crippen molar-refractivity contribution in [2.45, 2.75) is 0 Å². The average Bonchev–Trinajstić information content (AvgIpc) is 3.15. The third-order valence-corrected chi connectivity index (χ3v) is 5.75. The van der Waals surface area contributed by atoms with Crippen LogP contribution in [0.5, 0.6) is 17.2 Å². The number of thioether (sulfide) groups is 1. The number of phenols is 1. The molecule has 0 bridgehead atoms. The Hall–Kier alpha value is -4.04. The Labute approximate surface area is 195 Å². The summed E-state index contributed by atoms with van der Waals surface area (Å²) in [5.74, 6) is 1.38. The van der Waals surface area contributed by atoms with E-state index in [1.165, 1.54) is 28.8 Å². The van der Waals surface area contributed by atoms with E-state index in [2.05, 4.69) is 10.2 Å². The number of amides is 1. The Morgan fingerprint density at radius 1 is 0.848 bits per heavy atom. The summed E-state index contributed by atoms with van der Waals surface area (Å²) in [4.78, 5) is 15.2. The van der Waals surface area contributed by atoms with Crippen LogP contribution in [-0.4, -0.2) is 36.6 Å². The highest BCUT2D eigenvalue weighted by molar-refractivity contribution is 8.19. The molecule has 0 atom stereocenters. The van der Waals surface area contributed by atoms with Gasteiger partial charge in [-0.1, -0.05) is 12.1 Å². The second kappa shape index (κ2) is 10.1. The number of nitrogens with zero attached hydrogens (tertiary/aromatic N) is 3. The Bertz CT molecular complexity index is 1220. The molecule has 1 heterocycles. The van der Waals surface area contributed by atoms with E-state index < -0.39 is 0 Å². The Morgan fingerprint density at radius 3 is 2.00 bits per heavy atom. The van der Waals surface area contributed by atoms with Crippen LogP contribution in [-0.2, 0) is 4.79 Å². The maximum Gasteiger partial charge on any atom is 0.271 e. The second-order valence-electron chi connectivity index (χ2n) is 6.94. The summed E-state index contributed by atoms with van der Waals surface area (Å²) >= 11 is 1.23. The van der Waals surface area contributed by atoms with Gasteiger partial charge in [0.25, 0.3) is 5.91 Å². The molecule has 1 saturated heterocycles. The minimum atomic E-state index is -0.222. The summed E-state index contributed by atoms with van der Waals surface area (Å²) in [6, 6.07) is 21.2. The molecule has 33 heavy (non-hydrogen) atoms. The SMILES string of the molecule is COc1ccc(/C=N/N=C2/S/C(=C/c3ccc(OC)cc3)C(=O)N2c2ccc(O)cc2)cc1. The van der Waals surface area contributed by atoms with E-state index in [0.717, 1.165) is 22.6 Å². The summed E-state index contributed by atoms with van der Waals surface area (Å²) in [6.07, 6.45) is 3.41. The number of phenolic OH excluding ortho intramolecular Hbond substituents is 1. The molecule has 1 amide bonds. The first-order valence-corrected chi connectivity index (χ1v) is 10.8. The number of amidine groups is 1. The molecular formula is C25H21N3O4S. The smallest absolute Gasteiger partial charge is 0.271 e. The lowest BCUT2D eigenvalue weighted by atomic mass is 10.2. The first kappa shape index (κ1) is 22.2. The van der Waals surface area contributed by atoms with E-state index in [-0.39, 0.29) is 11.7 Å². The first-order chi connectivity index (χ1) is 16.1. The first-order valence-electron chi connectivity index (χ1n) is 9.99. The summed E-state index contributed by atoms with van der Waals surface area (Å²) in [6.45, 7) is 0. The molecule has 0 aromatic heterocycles. The number of anilines is 1. The van der Waals surface area contributed by atoms with Crippen molar-refractivity contribution in [3.8, 4) is 17.2 Å². The van der Waals surface area contributed by atoms with Gasteiger partial charge in [0.2, 0.25) is 5.17 Å². The van der Waals surface area contributed by atoms with Crippen LogP contribution in [0.25, 0.3) is 6.08 Å². The molecule has 1 fully saturated rings. The molecule has 0 unspecified atom stereocenters. The number of hydrogen-bond acceptors (Lipinski definition) is 7. The fourth-order valence-electron chi connectivity index (χ4n) is 3.06. The van der Waals surface area contributed by atoms with Gasteiger partial charge in [-0.05, 0) is 89.6 Å². The van der Waals surface area contributed by atoms with Crippen molar-refractivity contribution in [2.75, 3.05) is 19.1 Å². The molecule has 1 aliphatic heterocycles. The molecule has 7 nitrogen and oxygen atoms in total. The van der Waals surface area contributed by atoms with E-state index in [0.29, 0.717) is 15.8 Å². The number of rotatable bonds is 6. The molecule has 8 heteroatoms. The van der Waals surface area contributed by atoms with Gasteiger partial charge in [0.1, 0.15) is 17.2 Å². The number of aromatic hydroxyl groups is 1. The zero-order valence-electron chi connectivity index (χ0n) is 18.0. The topological polar surface area (TPSA) is 83.7 Å². The average molecular weight is 460 g/mol. The second-order valence-corrected chi connectivity index (χ2v) is 7.95. The van der Waals surface area contributed by atoms with E-state index in [1.54, 1.807) is 38.6 Å². The molecule has 3 aromatic carbocycles. The number of ether oxygens (including phenoxy) is 2. The largest absolute Gasteiger partial charge is 0.508 e. The maximum atomic E-state index is 13.2. The zero-order valence-corrected chi connectivity index (χ0v) is 18.8.